The maximum absolute atomic E-state index is 12.8. The molecule has 0 amide bonds. The molecule has 0 radical (unpaired) electrons. The Morgan fingerprint density at radius 2 is 1.96 bits per heavy atom. The molecule has 5 nitrogen and oxygen atoms in total. The molecule has 1 aliphatic rings. The molecule has 0 spiro atoms. The Morgan fingerprint density at radius 3 is 2.68 bits per heavy atom. The Balaban J connectivity index is 1.70. The standard InChI is InChI=1S/C20H16ClN3O2S2/c1-3-13-4-6-14(7-5-13)12-27-20-22-11-18-19(23-20)16-10-15(21)8-9-17(16)24(2)28(18,25)26/h3-11H,1,12H2,2H3. The second kappa shape index (κ2) is 7.24. The van der Waals surface area contributed by atoms with Crippen molar-refractivity contribution < 1.29 is 8.42 Å². The molecule has 0 bridgehead atoms. The van der Waals surface area contributed by atoms with Gasteiger partial charge in [-0.25, -0.2) is 18.4 Å². The molecule has 0 fully saturated rings. The summed E-state index contributed by atoms with van der Waals surface area (Å²) in [7, 11) is -2.18. The van der Waals surface area contributed by atoms with Crippen molar-refractivity contribution >= 4 is 45.1 Å². The van der Waals surface area contributed by atoms with E-state index in [0.29, 0.717) is 32.9 Å². The molecule has 0 unspecified atom stereocenters. The second-order valence-electron chi connectivity index (χ2n) is 6.23. The average molecular weight is 430 g/mol. The summed E-state index contributed by atoms with van der Waals surface area (Å²) in [4.78, 5) is 8.90. The van der Waals surface area contributed by atoms with Crippen LogP contribution in [0.5, 0.6) is 0 Å². The van der Waals surface area contributed by atoms with E-state index in [1.54, 1.807) is 24.3 Å². The van der Waals surface area contributed by atoms with Gasteiger partial charge < -0.3 is 0 Å². The van der Waals surface area contributed by atoms with Crippen LogP contribution in [0, 0.1) is 0 Å². The Labute approximate surface area is 173 Å². The summed E-state index contributed by atoms with van der Waals surface area (Å²) in [6.45, 7) is 3.75. The van der Waals surface area contributed by atoms with Crippen LogP contribution in [-0.4, -0.2) is 25.4 Å². The van der Waals surface area contributed by atoms with Gasteiger partial charge in [-0.15, -0.1) is 0 Å². The summed E-state index contributed by atoms with van der Waals surface area (Å²) in [5.41, 5.74) is 3.79. The van der Waals surface area contributed by atoms with Gasteiger partial charge >= 0.3 is 0 Å². The van der Waals surface area contributed by atoms with Gasteiger partial charge in [0.05, 0.1) is 17.6 Å². The number of benzene rings is 2. The normalized spacial score (nSPS) is 14.3. The van der Waals surface area contributed by atoms with Crippen molar-refractivity contribution in [2.24, 2.45) is 0 Å². The number of halogens is 1. The van der Waals surface area contributed by atoms with E-state index in [4.69, 9.17) is 11.6 Å². The predicted molar refractivity (Wildman–Crippen MR) is 114 cm³/mol. The van der Waals surface area contributed by atoms with Gasteiger partial charge in [0, 0.05) is 23.4 Å². The molecule has 0 saturated heterocycles. The fourth-order valence-corrected chi connectivity index (χ4v) is 5.20. The molecule has 1 aromatic heterocycles. The zero-order valence-corrected chi connectivity index (χ0v) is 17.4. The third kappa shape index (κ3) is 3.30. The molecule has 142 valence electrons. The summed E-state index contributed by atoms with van der Waals surface area (Å²) in [6.07, 6.45) is 3.17. The van der Waals surface area contributed by atoms with Crippen molar-refractivity contribution in [3.8, 4) is 11.3 Å². The molecule has 2 aromatic carbocycles. The van der Waals surface area contributed by atoms with E-state index in [2.05, 4.69) is 16.5 Å². The van der Waals surface area contributed by atoms with Gasteiger partial charge in [-0.05, 0) is 29.3 Å². The molecule has 0 atom stereocenters. The van der Waals surface area contributed by atoms with E-state index in [9.17, 15) is 8.42 Å². The number of fused-ring (bicyclic) bond motifs is 3. The van der Waals surface area contributed by atoms with Gasteiger partial charge in [0.1, 0.15) is 4.90 Å². The van der Waals surface area contributed by atoms with E-state index < -0.39 is 10.0 Å². The van der Waals surface area contributed by atoms with Crippen molar-refractivity contribution in [1.29, 1.82) is 0 Å². The van der Waals surface area contributed by atoms with Crippen LogP contribution in [0.1, 0.15) is 11.1 Å². The van der Waals surface area contributed by atoms with Crippen LogP contribution in [0.4, 0.5) is 5.69 Å². The van der Waals surface area contributed by atoms with Crippen molar-refractivity contribution in [3.63, 3.8) is 0 Å². The first-order valence-electron chi connectivity index (χ1n) is 8.40. The van der Waals surface area contributed by atoms with E-state index >= 15 is 0 Å². The maximum atomic E-state index is 12.8. The highest BCUT2D eigenvalue weighted by Gasteiger charge is 2.34. The topological polar surface area (TPSA) is 63.2 Å². The van der Waals surface area contributed by atoms with Crippen LogP contribution >= 0.6 is 23.4 Å². The SMILES string of the molecule is C=Cc1ccc(CSc2ncc3c(n2)-c2cc(Cl)ccc2N(C)S3(=O)=O)cc1. The molecule has 0 saturated carbocycles. The van der Waals surface area contributed by atoms with Gasteiger partial charge in [0.15, 0.2) is 5.16 Å². The summed E-state index contributed by atoms with van der Waals surface area (Å²) in [6, 6.07) is 13.1. The van der Waals surface area contributed by atoms with Crippen molar-refractivity contribution in [2.75, 3.05) is 11.4 Å². The third-order valence-corrected chi connectivity index (χ3v) is 7.45. The smallest absolute Gasteiger partial charge is 0.267 e. The van der Waals surface area contributed by atoms with Gasteiger partial charge in [0.2, 0.25) is 0 Å². The summed E-state index contributed by atoms with van der Waals surface area (Å²) >= 11 is 7.59. The predicted octanol–water partition coefficient (Wildman–Crippen LogP) is 4.87. The fraction of sp³-hybridized carbons (Fsp3) is 0.100. The van der Waals surface area contributed by atoms with Gasteiger partial charge in [-0.3, -0.25) is 4.31 Å². The first-order chi connectivity index (χ1) is 13.4. The highest BCUT2D eigenvalue weighted by molar-refractivity contribution is 7.98. The lowest BCUT2D eigenvalue weighted by Gasteiger charge is -2.28. The zero-order valence-electron chi connectivity index (χ0n) is 15.0. The molecule has 0 N–H and O–H groups in total. The number of anilines is 1. The molecule has 4 rings (SSSR count). The summed E-state index contributed by atoms with van der Waals surface area (Å²) in [5.74, 6) is 0.672. The number of thioether (sulfide) groups is 1. The maximum Gasteiger partial charge on any atom is 0.267 e. The van der Waals surface area contributed by atoms with Crippen LogP contribution in [-0.2, 0) is 15.8 Å². The van der Waals surface area contributed by atoms with Crippen molar-refractivity contribution in [2.45, 2.75) is 15.8 Å². The van der Waals surface area contributed by atoms with Crippen molar-refractivity contribution in [3.05, 3.63) is 71.4 Å². The number of nitrogens with zero attached hydrogens (tertiary/aromatic N) is 3. The molecular weight excluding hydrogens is 414 g/mol. The molecule has 2 heterocycles. The first-order valence-corrected chi connectivity index (χ1v) is 11.2. The zero-order chi connectivity index (χ0) is 19.9. The quantitative estimate of drug-likeness (QED) is 0.437. The van der Waals surface area contributed by atoms with Gasteiger partial charge in [-0.2, -0.15) is 0 Å². The minimum Gasteiger partial charge on any atom is -0.269 e. The van der Waals surface area contributed by atoms with E-state index in [-0.39, 0.29) is 4.90 Å². The number of sulfonamides is 1. The number of hydrogen-bond donors (Lipinski definition) is 0. The van der Waals surface area contributed by atoms with Gasteiger partial charge in [0.25, 0.3) is 10.0 Å². The average Bonchev–Trinajstić information content (AvgIpc) is 2.71. The molecule has 8 heteroatoms. The molecule has 3 aromatic rings. The summed E-state index contributed by atoms with van der Waals surface area (Å²) < 4.78 is 26.8. The number of rotatable bonds is 4. The van der Waals surface area contributed by atoms with E-state index in [1.165, 1.54) is 29.3 Å². The highest BCUT2D eigenvalue weighted by Crippen LogP contribution is 2.42. The number of hydrogen-bond acceptors (Lipinski definition) is 5. The minimum absolute atomic E-state index is 0.0875. The number of aromatic nitrogens is 2. The van der Waals surface area contributed by atoms with Crippen LogP contribution in [0.25, 0.3) is 17.3 Å². The van der Waals surface area contributed by atoms with Crippen LogP contribution < -0.4 is 4.31 Å². The Bertz CT molecular complexity index is 1180. The second-order valence-corrected chi connectivity index (χ2v) is 9.55. The molecule has 0 aliphatic carbocycles. The van der Waals surface area contributed by atoms with Gasteiger partial charge in [-0.1, -0.05) is 60.3 Å². The lowest BCUT2D eigenvalue weighted by molar-refractivity contribution is 0.592. The molecular formula is C20H16ClN3O2S2. The third-order valence-electron chi connectivity index (χ3n) is 4.51. The van der Waals surface area contributed by atoms with Crippen LogP contribution in [0.2, 0.25) is 5.02 Å². The van der Waals surface area contributed by atoms with Crippen molar-refractivity contribution in [1.82, 2.24) is 9.97 Å². The first kappa shape index (κ1) is 19.0. The molecule has 28 heavy (non-hydrogen) atoms. The Morgan fingerprint density at radius 1 is 1.21 bits per heavy atom. The molecule has 1 aliphatic heterocycles. The lowest BCUT2D eigenvalue weighted by atomic mass is 10.1. The fourth-order valence-electron chi connectivity index (χ4n) is 2.95. The van der Waals surface area contributed by atoms with Crippen LogP contribution in [0.15, 0.2) is 65.3 Å². The van der Waals surface area contributed by atoms with E-state index in [0.717, 1.165) is 11.1 Å². The van der Waals surface area contributed by atoms with Crippen LogP contribution in [0.3, 0.4) is 0 Å². The highest BCUT2D eigenvalue weighted by atomic mass is 35.5. The lowest BCUT2D eigenvalue weighted by Crippen LogP contribution is -2.31. The van der Waals surface area contributed by atoms with E-state index in [1.807, 2.05) is 24.3 Å². The minimum atomic E-state index is -3.69. The summed E-state index contributed by atoms with van der Waals surface area (Å²) in [5, 5.41) is 1.03. The Hall–Kier alpha value is -2.35. The Kier molecular flexibility index (Phi) is 4.91. The monoisotopic (exact) mass is 429 g/mol. The largest absolute Gasteiger partial charge is 0.269 e.